The highest BCUT2D eigenvalue weighted by Gasteiger charge is 2.45. The third kappa shape index (κ3) is 10.5. The molecule has 0 bridgehead atoms. The van der Waals surface area contributed by atoms with Crippen molar-refractivity contribution in [3.8, 4) is 11.1 Å². The maximum atomic E-state index is 5.03. The van der Waals surface area contributed by atoms with Gasteiger partial charge in [-0.2, -0.15) is 0 Å². The third-order valence-electron chi connectivity index (χ3n) is 26.6. The average Bonchev–Trinajstić information content (AvgIpc) is 1.42. The second-order valence-corrected chi connectivity index (χ2v) is 40.2. The number of fused-ring (bicyclic) bond motifs is 15. The molecule has 10 aromatic heterocycles. The van der Waals surface area contributed by atoms with Gasteiger partial charge in [0, 0.05) is 86.0 Å². The van der Waals surface area contributed by atoms with Crippen LogP contribution in [0.2, 0.25) is 0 Å². The number of rotatable bonds is 3. The lowest BCUT2D eigenvalue weighted by Crippen LogP contribution is -2.29. The van der Waals surface area contributed by atoms with Gasteiger partial charge in [-0.05, 0) is 136 Å². The largest absolute Gasteiger partial charge is 0.296 e. The van der Waals surface area contributed by atoms with Crippen LogP contribution in [0.3, 0.4) is 0 Å². The number of aromatic nitrogens is 10. The number of hydrogen-bond donors (Lipinski definition) is 0. The first kappa shape index (κ1) is 72.9. The molecule has 28 rings (SSSR count). The topological polar surface area (TPSA) is 86.5 Å². The molecule has 122 heavy (non-hydrogen) atoms. The Labute approximate surface area is 718 Å². The summed E-state index contributed by atoms with van der Waals surface area (Å²) >= 11 is 5.76. The second-order valence-electron chi connectivity index (χ2n) is 35.6. The highest BCUT2D eigenvalue weighted by Crippen LogP contribution is 2.58. The predicted molar refractivity (Wildman–Crippen MR) is 511 cm³/mol. The molecule has 0 spiro atoms. The molecule has 13 heteroatoms. The van der Waals surface area contributed by atoms with Crippen molar-refractivity contribution in [2.45, 2.75) is 115 Å². The molecule has 0 atom stereocenters. The van der Waals surface area contributed by atoms with E-state index in [0.29, 0.717) is 0 Å². The number of nitrogens with zero attached hydrogens (tertiary/aromatic N) is 10. The lowest BCUT2D eigenvalue weighted by Gasteiger charge is -2.38. The SMILES string of the molecule is CC1(C)Cc2cnc3c4ccccc4c4cccc1c4n23.CC1(C)Sc2cccc3c4ccccc4c4ncc1n4c23.CC1(C)Sc2cnc3c4ccccc4c4cccc1c4n23.Cc1nc2c3ccccc3c3c(-c4ccccc4)ccc4c3n2c1CC4(C)C.c1ccc(C2(c3ccccc3)Sc3cccc4c5ccccc5c5ncc2n5c34)cc1. The van der Waals surface area contributed by atoms with Gasteiger partial charge in [0.1, 0.15) is 38.0 Å². The molecule has 15 heterocycles. The Bertz CT molecular complexity index is 8180. The highest BCUT2D eigenvalue weighted by molar-refractivity contribution is 8.01. The Morgan fingerprint density at radius 2 is 0.697 bits per heavy atom. The van der Waals surface area contributed by atoms with Crippen molar-refractivity contribution >= 4 is 172 Å². The van der Waals surface area contributed by atoms with E-state index in [0.717, 1.165) is 46.8 Å². The molecule has 0 saturated heterocycles. The lowest BCUT2D eigenvalue weighted by atomic mass is 9.76. The smallest absolute Gasteiger partial charge is 0.146 e. The zero-order valence-electron chi connectivity index (χ0n) is 69.2. The van der Waals surface area contributed by atoms with Gasteiger partial charge in [-0.15, -0.1) is 23.5 Å². The molecule has 10 nitrogen and oxygen atoms in total. The van der Waals surface area contributed by atoms with Crippen molar-refractivity contribution in [1.29, 1.82) is 0 Å². The fourth-order valence-corrected chi connectivity index (χ4v) is 25.2. The average molecular weight is 1630 g/mol. The molecular weight excluding hydrogens is 1550 g/mol. The van der Waals surface area contributed by atoms with Gasteiger partial charge in [-0.1, -0.05) is 325 Å². The molecule has 5 aliphatic heterocycles. The van der Waals surface area contributed by atoms with Crippen LogP contribution in [-0.4, -0.2) is 46.9 Å². The fourth-order valence-electron chi connectivity index (χ4n) is 21.2. The molecular formula is C109H84N10S3. The van der Waals surface area contributed by atoms with Crippen LogP contribution >= 0.6 is 35.3 Å². The molecule has 0 radical (unpaired) electrons. The van der Waals surface area contributed by atoms with E-state index in [9.17, 15) is 0 Å². The van der Waals surface area contributed by atoms with Crippen molar-refractivity contribution in [2.75, 3.05) is 0 Å². The van der Waals surface area contributed by atoms with E-state index < -0.39 is 0 Å². The zero-order chi connectivity index (χ0) is 82.0. The van der Waals surface area contributed by atoms with Gasteiger partial charge in [0.15, 0.2) is 0 Å². The third-order valence-corrected chi connectivity index (χ3v) is 30.7. The fraction of sp³-hybridized carbons (Fsp3) is 0.147. The van der Waals surface area contributed by atoms with E-state index in [4.69, 9.17) is 24.9 Å². The number of benzene rings is 13. The minimum atomic E-state index is -0.369. The van der Waals surface area contributed by atoms with Crippen LogP contribution in [0.5, 0.6) is 0 Å². The Balaban J connectivity index is 0.0000000870. The molecule has 588 valence electrons. The summed E-state index contributed by atoms with van der Waals surface area (Å²) in [4.78, 5) is 26.8. The Morgan fingerprint density at radius 1 is 0.287 bits per heavy atom. The van der Waals surface area contributed by atoms with Crippen LogP contribution in [-0.2, 0) is 37.9 Å². The maximum absolute atomic E-state index is 5.03. The van der Waals surface area contributed by atoms with E-state index in [-0.39, 0.29) is 25.1 Å². The molecule has 23 aromatic rings. The molecule has 0 amide bonds. The first-order chi connectivity index (χ1) is 59.4. The van der Waals surface area contributed by atoms with E-state index in [1.165, 1.54) is 185 Å². The van der Waals surface area contributed by atoms with Gasteiger partial charge >= 0.3 is 0 Å². The van der Waals surface area contributed by atoms with Crippen LogP contribution in [0.4, 0.5) is 0 Å². The quantitative estimate of drug-likeness (QED) is 0.162. The number of imidazole rings is 5. The normalized spacial score (nSPS) is 15.6. The van der Waals surface area contributed by atoms with Crippen molar-refractivity contribution in [2.24, 2.45) is 0 Å². The molecule has 0 fully saturated rings. The maximum Gasteiger partial charge on any atom is 0.146 e. The van der Waals surface area contributed by atoms with E-state index in [1.807, 2.05) is 47.7 Å². The Hall–Kier alpha value is -13.0. The summed E-state index contributed by atoms with van der Waals surface area (Å²) in [6, 6.07) is 107. The van der Waals surface area contributed by atoms with Crippen molar-refractivity contribution in [3.63, 3.8) is 0 Å². The van der Waals surface area contributed by atoms with Crippen LogP contribution < -0.4 is 0 Å². The van der Waals surface area contributed by atoms with Gasteiger partial charge in [-0.3, -0.25) is 22.0 Å². The minimum absolute atomic E-state index is 0.0448. The molecule has 0 unspecified atom stereocenters. The summed E-state index contributed by atoms with van der Waals surface area (Å²) in [6.07, 6.45) is 10.3. The van der Waals surface area contributed by atoms with Gasteiger partial charge in [-0.25, -0.2) is 24.9 Å². The van der Waals surface area contributed by atoms with Crippen LogP contribution in [0.1, 0.15) is 112 Å². The van der Waals surface area contributed by atoms with E-state index in [1.54, 1.807) is 0 Å². The zero-order valence-corrected chi connectivity index (χ0v) is 71.7. The Morgan fingerprint density at radius 3 is 1.26 bits per heavy atom. The molecule has 5 aliphatic rings. The summed E-state index contributed by atoms with van der Waals surface area (Å²) in [7, 11) is 0. The van der Waals surface area contributed by atoms with E-state index >= 15 is 0 Å². The molecule has 13 aromatic carbocycles. The van der Waals surface area contributed by atoms with Crippen LogP contribution in [0, 0.1) is 6.92 Å². The summed E-state index contributed by atoms with van der Waals surface area (Å²) < 4.78 is 11.7. The van der Waals surface area contributed by atoms with Crippen LogP contribution in [0.15, 0.2) is 337 Å². The highest BCUT2D eigenvalue weighted by atomic mass is 32.2. The molecule has 0 saturated carbocycles. The van der Waals surface area contributed by atoms with E-state index in [2.05, 4.69) is 394 Å². The number of aryl methyl sites for hydroxylation is 1. The monoisotopic (exact) mass is 1630 g/mol. The molecule has 0 N–H and O–H groups in total. The predicted octanol–water partition coefficient (Wildman–Crippen LogP) is 27.9. The first-order valence-electron chi connectivity index (χ1n) is 42.3. The van der Waals surface area contributed by atoms with Gasteiger partial charge < -0.3 is 0 Å². The molecule has 0 aliphatic carbocycles. The lowest BCUT2D eigenvalue weighted by molar-refractivity contribution is 0.505. The summed E-state index contributed by atoms with van der Waals surface area (Å²) in [5, 5.41) is 20.4. The van der Waals surface area contributed by atoms with Gasteiger partial charge in [0.25, 0.3) is 0 Å². The standard InChI is InChI=1S/C28H18N2S.C26H22N2.C19H16N2.2C18H14N2S/c1-3-10-19(11-4-1)28(20-12-5-2-6-13-20)25-18-29-27-23-15-8-7-14-21(23)22-16-9-17-24(31-28)26(22)30(25)27;1-16-22-15-26(2,3)21-14-13-18(17-9-5-4-6-10-17)23-19-11-7-8-12-20(19)25(27-16)28(22)24(21)23;1-19(2)10-12-11-20-18-15-7-4-3-6-13(15)14-8-5-9-16(19)17(14)21(12)18;1-18(2)15-10-19-17-13-7-4-3-6-11(13)12-8-5-9-14(21-18)16(12)20(15)17;1-18(2)14-9-5-8-12-11-6-3-4-7-13(11)17-19-10-15(21-18)20(17)16(12)14/h1-18H;4-14H,15H2,1-3H3;3-9,11H,10H2,1-2H3;2*3-10H,1-2H3. The van der Waals surface area contributed by atoms with Gasteiger partial charge in [0.2, 0.25) is 0 Å². The van der Waals surface area contributed by atoms with Crippen molar-refractivity contribution in [3.05, 3.63) is 378 Å². The summed E-state index contributed by atoms with van der Waals surface area (Å²) in [5.41, 5.74) is 27.9. The number of hydrogen-bond acceptors (Lipinski definition) is 8. The number of thioether (sulfide) groups is 3. The number of pyridine rings is 5. The summed E-state index contributed by atoms with van der Waals surface area (Å²) in [6.45, 7) is 20.7. The Kier molecular flexibility index (Phi) is 16.0. The summed E-state index contributed by atoms with van der Waals surface area (Å²) in [5.74, 6) is 0. The number of para-hydroxylation sites is 4. The first-order valence-corrected chi connectivity index (χ1v) is 44.7. The van der Waals surface area contributed by atoms with Crippen LogP contribution in [0.25, 0.3) is 148 Å². The van der Waals surface area contributed by atoms with Crippen molar-refractivity contribution < 1.29 is 0 Å². The van der Waals surface area contributed by atoms with Crippen molar-refractivity contribution in [1.82, 2.24) is 46.9 Å². The minimum Gasteiger partial charge on any atom is -0.296 e. The van der Waals surface area contributed by atoms with Gasteiger partial charge in [0.05, 0.1) is 68.0 Å². The second kappa shape index (κ2) is 26.7.